The Balaban J connectivity index is 2.02. The highest BCUT2D eigenvalue weighted by atomic mass is 15.3. The average molecular weight is 265 g/mol. The van der Waals surface area contributed by atoms with Gasteiger partial charge in [0.2, 0.25) is 0 Å². The third-order valence-electron chi connectivity index (χ3n) is 4.30. The van der Waals surface area contributed by atoms with E-state index in [0.29, 0.717) is 18.6 Å². The second-order valence-corrected chi connectivity index (χ2v) is 5.36. The number of hydrogen-bond acceptors (Lipinski definition) is 4. The summed E-state index contributed by atoms with van der Waals surface area (Å²) in [6, 6.07) is 0.995. The second kappa shape index (κ2) is 6.50. The van der Waals surface area contributed by atoms with E-state index >= 15 is 0 Å². The quantitative estimate of drug-likeness (QED) is 0.828. The van der Waals surface area contributed by atoms with E-state index in [1.54, 1.807) is 0 Å². The Bertz CT molecular complexity index is 385. The van der Waals surface area contributed by atoms with Crippen LogP contribution in [0.3, 0.4) is 0 Å². The fourth-order valence-corrected chi connectivity index (χ4v) is 3.20. The Kier molecular flexibility index (Phi) is 4.96. The standard InChI is InChI=1S/C14H27N5/c1-4-18(5-2)13-6-7-19(11-13)14(8-15)12-9-16-17(3)10-12/h9-10,13-14H,4-8,11,15H2,1-3H3. The van der Waals surface area contributed by atoms with Crippen molar-refractivity contribution in [3.8, 4) is 0 Å². The maximum absolute atomic E-state index is 5.99. The van der Waals surface area contributed by atoms with Crippen molar-refractivity contribution >= 4 is 0 Å². The van der Waals surface area contributed by atoms with Gasteiger partial charge in [0.1, 0.15) is 0 Å². The molecule has 0 aliphatic carbocycles. The van der Waals surface area contributed by atoms with Gasteiger partial charge < -0.3 is 5.73 Å². The maximum atomic E-state index is 5.99. The summed E-state index contributed by atoms with van der Waals surface area (Å²) in [5.74, 6) is 0. The lowest BCUT2D eigenvalue weighted by Crippen LogP contribution is -2.39. The smallest absolute Gasteiger partial charge is 0.0538 e. The molecular weight excluding hydrogens is 238 g/mol. The topological polar surface area (TPSA) is 50.3 Å². The Labute approximate surface area is 116 Å². The average Bonchev–Trinajstić information content (AvgIpc) is 3.03. The third-order valence-corrected chi connectivity index (χ3v) is 4.30. The Morgan fingerprint density at radius 3 is 2.74 bits per heavy atom. The van der Waals surface area contributed by atoms with Crippen LogP contribution in [0.5, 0.6) is 0 Å². The lowest BCUT2D eigenvalue weighted by atomic mass is 10.1. The monoisotopic (exact) mass is 265 g/mol. The minimum absolute atomic E-state index is 0.314. The molecule has 0 amide bonds. The molecule has 1 aromatic heterocycles. The number of nitrogens with zero attached hydrogens (tertiary/aromatic N) is 4. The van der Waals surface area contributed by atoms with Crippen LogP contribution in [-0.4, -0.2) is 58.3 Å². The highest BCUT2D eigenvalue weighted by Gasteiger charge is 2.31. The highest BCUT2D eigenvalue weighted by molar-refractivity contribution is 5.12. The van der Waals surface area contributed by atoms with Gasteiger partial charge in [0.25, 0.3) is 0 Å². The van der Waals surface area contributed by atoms with Crippen LogP contribution in [0.2, 0.25) is 0 Å². The summed E-state index contributed by atoms with van der Waals surface area (Å²) >= 11 is 0. The van der Waals surface area contributed by atoms with E-state index in [1.165, 1.54) is 12.0 Å². The molecule has 2 rings (SSSR count). The van der Waals surface area contributed by atoms with Crippen molar-refractivity contribution in [1.82, 2.24) is 19.6 Å². The lowest BCUT2D eigenvalue weighted by Gasteiger charge is -2.29. The van der Waals surface area contributed by atoms with Crippen LogP contribution in [0, 0.1) is 0 Å². The molecule has 0 spiro atoms. The number of aromatic nitrogens is 2. The van der Waals surface area contributed by atoms with E-state index in [4.69, 9.17) is 5.73 Å². The van der Waals surface area contributed by atoms with Crippen LogP contribution in [0.1, 0.15) is 31.9 Å². The molecule has 108 valence electrons. The van der Waals surface area contributed by atoms with Crippen molar-refractivity contribution in [3.63, 3.8) is 0 Å². The first-order valence-corrected chi connectivity index (χ1v) is 7.36. The van der Waals surface area contributed by atoms with Crippen LogP contribution >= 0.6 is 0 Å². The zero-order valence-electron chi connectivity index (χ0n) is 12.4. The molecule has 1 fully saturated rings. The molecule has 2 N–H and O–H groups in total. The molecule has 2 atom stereocenters. The molecule has 1 aromatic rings. The van der Waals surface area contributed by atoms with Crippen molar-refractivity contribution in [2.24, 2.45) is 12.8 Å². The molecule has 1 saturated heterocycles. The van der Waals surface area contributed by atoms with E-state index in [2.05, 4.69) is 34.9 Å². The maximum Gasteiger partial charge on any atom is 0.0538 e. The summed E-state index contributed by atoms with van der Waals surface area (Å²) in [6.07, 6.45) is 5.28. The molecule has 2 unspecified atom stereocenters. The molecule has 0 saturated carbocycles. The van der Waals surface area contributed by atoms with Crippen LogP contribution < -0.4 is 5.73 Å². The van der Waals surface area contributed by atoms with Gasteiger partial charge in [0.15, 0.2) is 0 Å². The summed E-state index contributed by atoms with van der Waals surface area (Å²) < 4.78 is 1.86. The van der Waals surface area contributed by atoms with E-state index in [0.717, 1.165) is 26.2 Å². The first kappa shape index (κ1) is 14.5. The van der Waals surface area contributed by atoms with E-state index in [1.807, 2.05) is 17.9 Å². The van der Waals surface area contributed by atoms with E-state index < -0.39 is 0 Å². The van der Waals surface area contributed by atoms with Gasteiger partial charge >= 0.3 is 0 Å². The van der Waals surface area contributed by atoms with Gasteiger partial charge in [-0.3, -0.25) is 14.5 Å². The van der Waals surface area contributed by atoms with E-state index in [-0.39, 0.29) is 0 Å². The number of aryl methyl sites for hydroxylation is 1. The Morgan fingerprint density at radius 2 is 2.21 bits per heavy atom. The first-order chi connectivity index (χ1) is 9.19. The largest absolute Gasteiger partial charge is 0.329 e. The fraction of sp³-hybridized carbons (Fsp3) is 0.786. The number of likely N-dealkylation sites (N-methyl/N-ethyl adjacent to an activating group) is 1. The predicted octanol–water partition coefficient (Wildman–Crippen LogP) is 0.836. The number of hydrogen-bond donors (Lipinski definition) is 1. The molecule has 19 heavy (non-hydrogen) atoms. The van der Waals surface area contributed by atoms with Gasteiger partial charge in [-0.05, 0) is 19.5 Å². The third kappa shape index (κ3) is 3.16. The Morgan fingerprint density at radius 1 is 1.47 bits per heavy atom. The van der Waals surface area contributed by atoms with Crippen LogP contribution in [0.4, 0.5) is 0 Å². The molecule has 0 radical (unpaired) electrons. The van der Waals surface area contributed by atoms with Gasteiger partial charge in [0, 0.05) is 44.5 Å². The molecular formula is C14H27N5. The summed E-state index contributed by atoms with van der Waals surface area (Å²) in [4.78, 5) is 5.07. The van der Waals surface area contributed by atoms with Crippen LogP contribution in [0.25, 0.3) is 0 Å². The van der Waals surface area contributed by atoms with E-state index in [9.17, 15) is 0 Å². The Hall–Kier alpha value is -0.910. The SMILES string of the molecule is CCN(CC)C1CCN(C(CN)c2cnn(C)c2)C1. The number of rotatable bonds is 6. The van der Waals surface area contributed by atoms with Crippen molar-refractivity contribution < 1.29 is 0 Å². The number of likely N-dealkylation sites (tertiary alicyclic amines) is 1. The lowest BCUT2D eigenvalue weighted by molar-refractivity contribution is 0.189. The zero-order valence-corrected chi connectivity index (χ0v) is 12.4. The molecule has 0 aromatic carbocycles. The summed E-state index contributed by atoms with van der Waals surface area (Å²) in [7, 11) is 1.96. The van der Waals surface area contributed by atoms with Crippen molar-refractivity contribution in [1.29, 1.82) is 0 Å². The highest BCUT2D eigenvalue weighted by Crippen LogP contribution is 2.26. The second-order valence-electron chi connectivity index (χ2n) is 5.36. The first-order valence-electron chi connectivity index (χ1n) is 7.36. The van der Waals surface area contributed by atoms with Crippen molar-refractivity contribution in [3.05, 3.63) is 18.0 Å². The summed E-state index contributed by atoms with van der Waals surface area (Å²) in [5.41, 5.74) is 7.23. The molecule has 2 heterocycles. The van der Waals surface area contributed by atoms with Crippen LogP contribution in [0.15, 0.2) is 12.4 Å². The zero-order chi connectivity index (χ0) is 13.8. The van der Waals surface area contributed by atoms with Gasteiger partial charge in [-0.2, -0.15) is 5.10 Å². The summed E-state index contributed by atoms with van der Waals surface area (Å²) in [6.45, 7) is 9.68. The molecule has 1 aliphatic heterocycles. The minimum Gasteiger partial charge on any atom is -0.329 e. The molecule has 1 aliphatic rings. The van der Waals surface area contributed by atoms with Gasteiger partial charge in [-0.15, -0.1) is 0 Å². The normalized spacial score (nSPS) is 22.3. The van der Waals surface area contributed by atoms with Gasteiger partial charge in [0.05, 0.1) is 12.2 Å². The minimum atomic E-state index is 0.314. The fourth-order valence-electron chi connectivity index (χ4n) is 3.20. The number of nitrogens with two attached hydrogens (primary N) is 1. The van der Waals surface area contributed by atoms with Gasteiger partial charge in [-0.25, -0.2) is 0 Å². The van der Waals surface area contributed by atoms with Gasteiger partial charge in [-0.1, -0.05) is 13.8 Å². The van der Waals surface area contributed by atoms with Crippen molar-refractivity contribution in [2.75, 3.05) is 32.7 Å². The molecule has 0 bridgehead atoms. The molecule has 5 heteroatoms. The van der Waals surface area contributed by atoms with Crippen molar-refractivity contribution in [2.45, 2.75) is 32.4 Å². The predicted molar refractivity (Wildman–Crippen MR) is 77.9 cm³/mol. The van der Waals surface area contributed by atoms with Crippen LogP contribution in [-0.2, 0) is 7.05 Å². The summed E-state index contributed by atoms with van der Waals surface area (Å²) in [5, 5.41) is 4.27. The molecule has 5 nitrogen and oxygen atoms in total.